The minimum Gasteiger partial charge on any atom is -0.456 e. The van der Waals surface area contributed by atoms with Gasteiger partial charge in [-0.15, -0.1) is 0 Å². The van der Waals surface area contributed by atoms with Gasteiger partial charge in [0.25, 0.3) is 0 Å². The van der Waals surface area contributed by atoms with Crippen molar-refractivity contribution < 1.29 is 18.8 Å². The second-order valence-corrected chi connectivity index (χ2v) is 4.92. The van der Waals surface area contributed by atoms with E-state index in [1.807, 2.05) is 18.2 Å². The molecular formula is C13H22N3O3+. The number of nitrogens with zero attached hydrogens (tertiary/aromatic N) is 1. The second-order valence-electron chi connectivity index (χ2n) is 4.92. The van der Waals surface area contributed by atoms with Gasteiger partial charge < -0.3 is 20.7 Å². The summed E-state index contributed by atoms with van der Waals surface area (Å²) in [5.41, 5.74) is 9.11. The number of likely N-dealkylation sites (N-methyl/N-ethyl adjacent to an activating group) is 1. The summed E-state index contributed by atoms with van der Waals surface area (Å²) in [6, 6.07) is 8.22. The molecule has 0 saturated carbocycles. The van der Waals surface area contributed by atoms with Gasteiger partial charge in [0.05, 0.1) is 26.7 Å². The number of ether oxygens (including phenoxy) is 1. The molecule has 0 fully saturated rings. The Hall–Kier alpha value is -2.08. The van der Waals surface area contributed by atoms with Gasteiger partial charge in [-0.1, -0.05) is 18.2 Å². The molecule has 0 aromatic heterocycles. The van der Waals surface area contributed by atoms with E-state index in [1.165, 1.54) is 0 Å². The second kappa shape index (κ2) is 8.10. The van der Waals surface area contributed by atoms with E-state index in [4.69, 9.17) is 9.53 Å². The molecule has 0 aliphatic carbocycles. The number of primary amides is 2. The largest absolute Gasteiger partial charge is 0.456 e. The Morgan fingerprint density at radius 1 is 1.11 bits per heavy atom. The Morgan fingerprint density at radius 3 is 2.00 bits per heavy atom. The summed E-state index contributed by atoms with van der Waals surface area (Å²) in [6.07, 6.45) is 0. The minimum atomic E-state index is -0.833. The number of nitrogens with two attached hydrogens (primary N) is 2. The maximum atomic E-state index is 11.5. The third-order valence-corrected chi connectivity index (χ3v) is 2.00. The van der Waals surface area contributed by atoms with Crippen molar-refractivity contribution in [2.75, 3.05) is 34.3 Å². The van der Waals surface area contributed by atoms with Gasteiger partial charge in [-0.25, -0.2) is 9.59 Å². The molecule has 2 amide bonds. The number of quaternary nitrogens is 1. The average Bonchev–Trinajstić information content (AvgIpc) is 2.27. The van der Waals surface area contributed by atoms with Crippen LogP contribution in [0.15, 0.2) is 30.3 Å². The molecule has 1 aromatic carbocycles. The molecule has 6 heteroatoms. The van der Waals surface area contributed by atoms with Crippen LogP contribution in [0.3, 0.4) is 0 Å². The first kappa shape index (κ1) is 16.9. The Balaban J connectivity index is 0.000000711. The summed E-state index contributed by atoms with van der Waals surface area (Å²) in [7, 11) is 6.20. The molecule has 19 heavy (non-hydrogen) atoms. The van der Waals surface area contributed by atoms with Gasteiger partial charge in [0.2, 0.25) is 0 Å². The first-order valence-electron chi connectivity index (χ1n) is 5.80. The lowest BCUT2D eigenvalue weighted by atomic mass is 10.2. The lowest BCUT2D eigenvalue weighted by molar-refractivity contribution is -0.870. The van der Waals surface area contributed by atoms with Crippen LogP contribution in [0.5, 0.6) is 0 Å². The summed E-state index contributed by atoms with van der Waals surface area (Å²) in [6.45, 7) is 1.27. The van der Waals surface area contributed by atoms with E-state index >= 15 is 0 Å². The van der Waals surface area contributed by atoms with Crippen molar-refractivity contribution in [2.45, 2.75) is 0 Å². The summed E-state index contributed by atoms with van der Waals surface area (Å²) in [5.74, 6) is -0.246. The number of amides is 2. The van der Waals surface area contributed by atoms with Gasteiger partial charge in [-0.3, -0.25) is 0 Å². The Kier molecular flexibility index (Phi) is 7.21. The summed E-state index contributed by atoms with van der Waals surface area (Å²) < 4.78 is 5.94. The zero-order chi connectivity index (χ0) is 14.9. The van der Waals surface area contributed by atoms with Crippen molar-refractivity contribution in [2.24, 2.45) is 11.5 Å². The highest BCUT2D eigenvalue weighted by Gasteiger charge is 2.10. The van der Waals surface area contributed by atoms with Crippen LogP contribution >= 0.6 is 0 Å². The van der Waals surface area contributed by atoms with Crippen molar-refractivity contribution >= 4 is 12.0 Å². The van der Waals surface area contributed by atoms with Crippen LogP contribution in [0.25, 0.3) is 0 Å². The molecule has 0 spiro atoms. The molecule has 0 atom stereocenters. The molecular weight excluding hydrogens is 246 g/mol. The first-order valence-corrected chi connectivity index (χ1v) is 5.80. The van der Waals surface area contributed by atoms with Crippen molar-refractivity contribution in [3.8, 4) is 0 Å². The van der Waals surface area contributed by atoms with Crippen LogP contribution in [0.1, 0.15) is 10.4 Å². The molecule has 0 aliphatic rings. The van der Waals surface area contributed by atoms with Gasteiger partial charge in [0.15, 0.2) is 0 Å². The molecule has 0 unspecified atom stereocenters. The number of benzene rings is 1. The van der Waals surface area contributed by atoms with Crippen molar-refractivity contribution in [3.05, 3.63) is 35.9 Å². The average molecular weight is 268 g/mol. The highest BCUT2D eigenvalue weighted by Crippen LogP contribution is 2.01. The third-order valence-electron chi connectivity index (χ3n) is 2.00. The zero-order valence-electron chi connectivity index (χ0n) is 11.6. The predicted octanol–water partition coefficient (Wildman–Crippen LogP) is 0.573. The summed E-state index contributed by atoms with van der Waals surface area (Å²) >= 11 is 0. The van der Waals surface area contributed by atoms with Crippen molar-refractivity contribution in [1.29, 1.82) is 0 Å². The van der Waals surface area contributed by atoms with E-state index < -0.39 is 6.03 Å². The van der Waals surface area contributed by atoms with Crippen LogP contribution in [-0.4, -0.2) is 50.8 Å². The van der Waals surface area contributed by atoms with E-state index in [2.05, 4.69) is 32.6 Å². The van der Waals surface area contributed by atoms with Crippen LogP contribution in [0, 0.1) is 0 Å². The van der Waals surface area contributed by atoms with Crippen LogP contribution in [0.2, 0.25) is 0 Å². The normalized spacial score (nSPS) is 10.1. The first-order chi connectivity index (χ1) is 8.72. The monoisotopic (exact) mass is 268 g/mol. The number of urea groups is 1. The molecule has 4 N–H and O–H groups in total. The molecule has 0 bridgehead atoms. The smallest absolute Gasteiger partial charge is 0.338 e. The van der Waals surface area contributed by atoms with Crippen LogP contribution in [0.4, 0.5) is 4.79 Å². The number of carbonyl (C=O) groups excluding carboxylic acids is 2. The highest BCUT2D eigenvalue weighted by molar-refractivity contribution is 5.89. The molecule has 0 aliphatic heterocycles. The van der Waals surface area contributed by atoms with E-state index in [0.29, 0.717) is 12.2 Å². The number of hydrogen-bond donors (Lipinski definition) is 2. The van der Waals surface area contributed by atoms with Crippen LogP contribution < -0.4 is 11.5 Å². The summed E-state index contributed by atoms with van der Waals surface area (Å²) in [4.78, 5) is 20.5. The molecule has 0 saturated heterocycles. The lowest BCUT2D eigenvalue weighted by Crippen LogP contribution is -2.38. The Labute approximate surface area is 113 Å². The number of esters is 1. The SMILES string of the molecule is C[N+](C)(C)CCOC(=O)c1ccccc1.NC(N)=O. The zero-order valence-corrected chi connectivity index (χ0v) is 11.6. The van der Waals surface area contributed by atoms with E-state index in [1.54, 1.807) is 12.1 Å². The van der Waals surface area contributed by atoms with Gasteiger partial charge in [-0.05, 0) is 12.1 Å². The molecule has 0 heterocycles. The van der Waals surface area contributed by atoms with Gasteiger partial charge in [0, 0.05) is 0 Å². The summed E-state index contributed by atoms with van der Waals surface area (Å²) in [5, 5.41) is 0. The predicted molar refractivity (Wildman–Crippen MR) is 73.4 cm³/mol. The lowest BCUT2D eigenvalue weighted by Gasteiger charge is -2.23. The quantitative estimate of drug-likeness (QED) is 0.617. The van der Waals surface area contributed by atoms with Gasteiger partial charge in [-0.2, -0.15) is 0 Å². The van der Waals surface area contributed by atoms with E-state index in [-0.39, 0.29) is 5.97 Å². The van der Waals surface area contributed by atoms with Crippen molar-refractivity contribution in [3.63, 3.8) is 0 Å². The number of hydrogen-bond acceptors (Lipinski definition) is 3. The van der Waals surface area contributed by atoms with Crippen molar-refractivity contribution in [1.82, 2.24) is 0 Å². The fourth-order valence-corrected chi connectivity index (χ4v) is 1.07. The van der Waals surface area contributed by atoms with Gasteiger partial charge >= 0.3 is 12.0 Å². The molecule has 0 radical (unpaired) electrons. The fraction of sp³-hybridized carbons (Fsp3) is 0.385. The minimum absolute atomic E-state index is 0.246. The maximum absolute atomic E-state index is 11.5. The number of rotatable bonds is 4. The van der Waals surface area contributed by atoms with Gasteiger partial charge in [0.1, 0.15) is 13.2 Å². The molecule has 6 nitrogen and oxygen atoms in total. The number of carbonyl (C=O) groups is 2. The molecule has 1 rings (SSSR count). The van der Waals surface area contributed by atoms with E-state index in [9.17, 15) is 4.79 Å². The van der Waals surface area contributed by atoms with Crippen LogP contribution in [-0.2, 0) is 4.74 Å². The Bertz CT molecular complexity index is 395. The topological polar surface area (TPSA) is 95.4 Å². The fourth-order valence-electron chi connectivity index (χ4n) is 1.07. The third kappa shape index (κ3) is 10.8. The molecule has 1 aromatic rings. The molecule has 106 valence electrons. The maximum Gasteiger partial charge on any atom is 0.338 e. The highest BCUT2D eigenvalue weighted by atomic mass is 16.5. The Morgan fingerprint density at radius 2 is 1.58 bits per heavy atom. The van der Waals surface area contributed by atoms with E-state index in [0.717, 1.165) is 11.0 Å². The standard InChI is InChI=1S/C12H18NO2.CH4N2O/c1-13(2,3)9-10-15-12(14)11-7-5-4-6-8-11;2-1(3)4/h4-8H,9-10H2,1-3H3;(H4,2,3,4)/q+1;.